The van der Waals surface area contributed by atoms with Crippen molar-refractivity contribution in [1.29, 1.82) is 0 Å². The maximum absolute atomic E-state index is 13.8. The summed E-state index contributed by atoms with van der Waals surface area (Å²) >= 11 is 0. The summed E-state index contributed by atoms with van der Waals surface area (Å²) in [6.45, 7) is 7.11. The summed E-state index contributed by atoms with van der Waals surface area (Å²) in [6, 6.07) is 17.0. The Labute approximate surface area is 168 Å². The third-order valence-electron chi connectivity index (χ3n) is 5.85. The zero-order valence-electron chi connectivity index (χ0n) is 17.0. The van der Waals surface area contributed by atoms with Crippen LogP contribution in [0.2, 0.25) is 0 Å². The van der Waals surface area contributed by atoms with Crippen LogP contribution in [0.25, 0.3) is 0 Å². The summed E-state index contributed by atoms with van der Waals surface area (Å²) < 4.78 is 13.8. The van der Waals surface area contributed by atoms with Crippen LogP contribution in [-0.2, 0) is 11.2 Å². The molecule has 3 rings (SSSR count). The van der Waals surface area contributed by atoms with Crippen LogP contribution in [0.3, 0.4) is 0 Å². The fourth-order valence-corrected chi connectivity index (χ4v) is 4.23. The van der Waals surface area contributed by atoms with Crippen LogP contribution in [-0.4, -0.2) is 36.5 Å². The van der Waals surface area contributed by atoms with Gasteiger partial charge in [0.1, 0.15) is 5.82 Å². The lowest BCUT2D eigenvalue weighted by molar-refractivity contribution is -0.119. The van der Waals surface area contributed by atoms with Crippen LogP contribution >= 0.6 is 0 Å². The highest BCUT2D eigenvalue weighted by atomic mass is 19.1. The minimum Gasteiger partial charge on any atom is -0.309 e. The summed E-state index contributed by atoms with van der Waals surface area (Å²) in [5.41, 5.74) is 2.03. The Morgan fingerprint density at radius 3 is 2.71 bits per heavy atom. The number of halogens is 1. The fraction of sp³-hybridized carbons (Fsp3) is 0.458. The lowest BCUT2D eigenvalue weighted by Crippen LogP contribution is -2.49. The molecule has 0 aromatic heterocycles. The number of amides is 1. The van der Waals surface area contributed by atoms with Crippen molar-refractivity contribution in [3.63, 3.8) is 0 Å². The first kappa shape index (κ1) is 20.5. The standard InChI is InChI=1S/C24H31FN2O/c1-3-24(28)27(23-13-7-12-22(25)17-23)19(2)21-11-8-15-26(18-21)16-14-20-9-5-4-6-10-20/h4-7,9-10,12-13,17,19,21H,3,8,11,14-16,18H2,1-2H3/t19-,21-/m0/s1. The van der Waals surface area contributed by atoms with Gasteiger partial charge in [-0.15, -0.1) is 0 Å². The SMILES string of the molecule is CCC(=O)N(c1cccc(F)c1)[C@@H](C)[C@H]1CCCN(CCc2ccccc2)C1. The molecular formula is C24H31FN2O. The Kier molecular flexibility index (Phi) is 7.21. The number of carbonyl (C=O) groups is 1. The Morgan fingerprint density at radius 1 is 1.21 bits per heavy atom. The molecule has 0 aliphatic carbocycles. The molecule has 2 atom stereocenters. The van der Waals surface area contributed by atoms with Crippen LogP contribution in [0.4, 0.5) is 10.1 Å². The number of hydrogen-bond acceptors (Lipinski definition) is 2. The third kappa shape index (κ3) is 5.20. The van der Waals surface area contributed by atoms with Crippen molar-refractivity contribution in [2.24, 2.45) is 5.92 Å². The highest BCUT2D eigenvalue weighted by Gasteiger charge is 2.31. The molecule has 0 radical (unpaired) electrons. The van der Waals surface area contributed by atoms with Crippen molar-refractivity contribution in [1.82, 2.24) is 4.90 Å². The molecule has 150 valence electrons. The molecule has 0 spiro atoms. The van der Waals surface area contributed by atoms with Crippen LogP contribution in [0.15, 0.2) is 54.6 Å². The lowest BCUT2D eigenvalue weighted by atomic mass is 9.89. The zero-order valence-corrected chi connectivity index (χ0v) is 17.0. The highest BCUT2D eigenvalue weighted by molar-refractivity contribution is 5.93. The number of benzene rings is 2. The molecule has 0 unspecified atom stereocenters. The Balaban J connectivity index is 1.68. The molecule has 0 saturated carbocycles. The van der Waals surface area contributed by atoms with Gasteiger partial charge in [0.05, 0.1) is 0 Å². The predicted octanol–water partition coefficient (Wildman–Crippen LogP) is 4.91. The molecule has 1 saturated heterocycles. The number of piperidine rings is 1. The molecule has 3 nitrogen and oxygen atoms in total. The number of anilines is 1. The largest absolute Gasteiger partial charge is 0.309 e. The number of hydrogen-bond donors (Lipinski definition) is 0. The van der Waals surface area contributed by atoms with Gasteiger partial charge in [0.2, 0.25) is 5.91 Å². The predicted molar refractivity (Wildman–Crippen MR) is 113 cm³/mol. The quantitative estimate of drug-likeness (QED) is 0.679. The number of rotatable bonds is 7. The molecule has 4 heteroatoms. The first-order valence-electron chi connectivity index (χ1n) is 10.4. The minimum absolute atomic E-state index is 0.0498. The van der Waals surface area contributed by atoms with Gasteiger partial charge in [-0.3, -0.25) is 4.79 Å². The average molecular weight is 383 g/mol. The Bertz CT molecular complexity index is 764. The molecule has 28 heavy (non-hydrogen) atoms. The van der Waals surface area contributed by atoms with E-state index in [9.17, 15) is 9.18 Å². The Hall–Kier alpha value is -2.20. The molecule has 1 heterocycles. The molecule has 0 bridgehead atoms. The van der Waals surface area contributed by atoms with Crippen molar-refractivity contribution in [3.8, 4) is 0 Å². The zero-order chi connectivity index (χ0) is 19.9. The second-order valence-corrected chi connectivity index (χ2v) is 7.78. The van der Waals surface area contributed by atoms with Crippen LogP contribution < -0.4 is 4.90 Å². The molecular weight excluding hydrogens is 351 g/mol. The van der Waals surface area contributed by atoms with Gasteiger partial charge in [0.25, 0.3) is 0 Å². The molecule has 0 N–H and O–H groups in total. The lowest BCUT2D eigenvalue weighted by Gasteiger charge is -2.40. The van der Waals surface area contributed by atoms with Gasteiger partial charge in [0, 0.05) is 31.2 Å². The molecule has 2 aromatic carbocycles. The summed E-state index contributed by atoms with van der Waals surface area (Å²) in [5.74, 6) is 0.148. The topological polar surface area (TPSA) is 23.6 Å². The third-order valence-corrected chi connectivity index (χ3v) is 5.85. The smallest absolute Gasteiger partial charge is 0.226 e. The van der Waals surface area contributed by atoms with Crippen LogP contribution in [0.5, 0.6) is 0 Å². The van der Waals surface area contributed by atoms with Crippen molar-refractivity contribution in [2.45, 2.75) is 45.6 Å². The second kappa shape index (κ2) is 9.83. The van der Waals surface area contributed by atoms with E-state index in [1.807, 2.05) is 24.0 Å². The first-order valence-corrected chi connectivity index (χ1v) is 10.4. The summed E-state index contributed by atoms with van der Waals surface area (Å²) in [4.78, 5) is 17.0. The van der Waals surface area contributed by atoms with E-state index in [0.717, 1.165) is 38.9 Å². The van der Waals surface area contributed by atoms with Crippen LogP contribution in [0, 0.1) is 11.7 Å². The van der Waals surface area contributed by atoms with E-state index in [1.54, 1.807) is 6.07 Å². The van der Waals surface area contributed by atoms with Crippen molar-refractivity contribution in [2.75, 3.05) is 24.5 Å². The molecule has 1 aliphatic heterocycles. The molecule has 2 aromatic rings. The highest BCUT2D eigenvalue weighted by Crippen LogP contribution is 2.28. The second-order valence-electron chi connectivity index (χ2n) is 7.78. The monoisotopic (exact) mass is 382 g/mol. The van der Waals surface area contributed by atoms with Gasteiger partial charge in [-0.2, -0.15) is 0 Å². The number of likely N-dealkylation sites (tertiary alicyclic amines) is 1. The van der Waals surface area contributed by atoms with Gasteiger partial charge in [-0.05, 0) is 62.4 Å². The van der Waals surface area contributed by atoms with E-state index in [1.165, 1.54) is 17.7 Å². The van der Waals surface area contributed by atoms with E-state index < -0.39 is 0 Å². The van der Waals surface area contributed by atoms with Gasteiger partial charge in [-0.1, -0.05) is 43.3 Å². The molecule has 1 aliphatic rings. The maximum Gasteiger partial charge on any atom is 0.226 e. The van der Waals surface area contributed by atoms with Gasteiger partial charge in [-0.25, -0.2) is 4.39 Å². The minimum atomic E-state index is -0.299. The van der Waals surface area contributed by atoms with Crippen LogP contribution in [0.1, 0.15) is 38.7 Å². The van der Waals surface area contributed by atoms with Crippen molar-refractivity contribution >= 4 is 11.6 Å². The number of carbonyl (C=O) groups excluding carboxylic acids is 1. The fourth-order valence-electron chi connectivity index (χ4n) is 4.23. The number of nitrogens with zero attached hydrogens (tertiary/aromatic N) is 2. The van der Waals surface area contributed by atoms with Gasteiger partial charge < -0.3 is 9.80 Å². The van der Waals surface area contributed by atoms with Crippen molar-refractivity contribution < 1.29 is 9.18 Å². The molecule has 1 amide bonds. The summed E-state index contributed by atoms with van der Waals surface area (Å²) in [5, 5.41) is 0. The van der Waals surface area contributed by atoms with E-state index in [0.29, 0.717) is 18.0 Å². The normalized spacial score (nSPS) is 18.6. The van der Waals surface area contributed by atoms with Crippen molar-refractivity contribution in [3.05, 3.63) is 66.0 Å². The van der Waals surface area contributed by atoms with E-state index in [4.69, 9.17) is 0 Å². The molecule has 1 fully saturated rings. The van der Waals surface area contributed by atoms with E-state index in [-0.39, 0.29) is 17.8 Å². The summed E-state index contributed by atoms with van der Waals surface area (Å²) in [6.07, 6.45) is 3.71. The maximum atomic E-state index is 13.8. The summed E-state index contributed by atoms with van der Waals surface area (Å²) in [7, 11) is 0. The Morgan fingerprint density at radius 2 is 2.00 bits per heavy atom. The van der Waals surface area contributed by atoms with E-state index >= 15 is 0 Å². The van der Waals surface area contributed by atoms with Gasteiger partial charge >= 0.3 is 0 Å². The first-order chi connectivity index (χ1) is 13.6. The van der Waals surface area contributed by atoms with Gasteiger partial charge in [0.15, 0.2) is 0 Å². The van der Waals surface area contributed by atoms with E-state index in [2.05, 4.69) is 36.1 Å². The average Bonchev–Trinajstić information content (AvgIpc) is 2.73.